The maximum Gasteiger partial charge on any atom is 0.166 e. The van der Waals surface area contributed by atoms with Crippen LogP contribution in [0.1, 0.15) is 34.5 Å². The third-order valence-electron chi connectivity index (χ3n) is 5.54. The topological polar surface area (TPSA) is 33.2 Å². The molecule has 27 heavy (non-hydrogen) atoms. The van der Waals surface area contributed by atoms with Gasteiger partial charge < -0.3 is 0 Å². The number of para-hydroxylation sites is 1. The molecule has 0 radical (unpaired) electrons. The molecule has 0 amide bonds. The fourth-order valence-electron chi connectivity index (χ4n) is 3.93. The Balaban J connectivity index is 1.45. The molecular formula is C23H23ClN2O. The summed E-state index contributed by atoms with van der Waals surface area (Å²) >= 11 is 6.61. The van der Waals surface area contributed by atoms with Gasteiger partial charge in [0.25, 0.3) is 0 Å². The lowest BCUT2D eigenvalue weighted by molar-refractivity contribution is 0.0834. The maximum atomic E-state index is 12.7. The highest BCUT2D eigenvalue weighted by Gasteiger charge is 2.26. The molecule has 0 N–H and O–H groups in total. The van der Waals surface area contributed by atoms with Gasteiger partial charge in [0.15, 0.2) is 5.78 Å². The Morgan fingerprint density at radius 1 is 1.07 bits per heavy atom. The molecule has 0 spiro atoms. The molecule has 3 nitrogen and oxygen atoms in total. The Labute approximate surface area is 165 Å². The zero-order chi connectivity index (χ0) is 18.8. The van der Waals surface area contributed by atoms with Crippen molar-refractivity contribution in [2.75, 3.05) is 13.1 Å². The standard InChI is InChI=1S/C23H23ClN2O/c1-16-19-9-5-6-10-20(19)25-21(22(16)24)15-26-13-11-18(12-14-26)23(27)17-7-3-2-4-8-17/h2-10,18H,11-15H2,1H3. The van der Waals surface area contributed by atoms with E-state index < -0.39 is 0 Å². The van der Waals surface area contributed by atoms with Gasteiger partial charge in [0.2, 0.25) is 0 Å². The van der Waals surface area contributed by atoms with Gasteiger partial charge >= 0.3 is 0 Å². The normalized spacial score (nSPS) is 15.9. The molecule has 1 fully saturated rings. The van der Waals surface area contributed by atoms with Crippen LogP contribution in [0.5, 0.6) is 0 Å². The zero-order valence-electron chi connectivity index (χ0n) is 15.5. The van der Waals surface area contributed by atoms with E-state index in [2.05, 4.69) is 17.9 Å². The Bertz CT molecular complexity index is 963. The predicted octanol–water partition coefficient (Wildman–Crippen LogP) is 5.29. The Hall–Kier alpha value is -2.23. The van der Waals surface area contributed by atoms with Crippen molar-refractivity contribution in [3.05, 3.63) is 76.4 Å². The Morgan fingerprint density at radius 3 is 2.48 bits per heavy atom. The second-order valence-electron chi connectivity index (χ2n) is 7.30. The fraction of sp³-hybridized carbons (Fsp3) is 0.304. The molecule has 0 atom stereocenters. The minimum absolute atomic E-state index is 0.116. The Kier molecular flexibility index (Phi) is 5.24. The van der Waals surface area contributed by atoms with E-state index in [9.17, 15) is 4.79 Å². The van der Waals surface area contributed by atoms with E-state index in [-0.39, 0.29) is 11.7 Å². The number of piperidine rings is 1. The first-order chi connectivity index (χ1) is 13.1. The van der Waals surface area contributed by atoms with E-state index in [1.807, 2.05) is 48.5 Å². The minimum Gasteiger partial charge on any atom is -0.297 e. The number of aromatic nitrogens is 1. The number of rotatable bonds is 4. The molecule has 138 valence electrons. The number of hydrogen-bond donors (Lipinski definition) is 0. The van der Waals surface area contributed by atoms with E-state index in [0.717, 1.165) is 65.2 Å². The number of Topliss-reactive ketones (excluding diaryl/α,β-unsaturated/α-hetero) is 1. The third kappa shape index (κ3) is 3.76. The number of aryl methyl sites for hydroxylation is 1. The van der Waals surface area contributed by atoms with Crippen LogP contribution < -0.4 is 0 Å². The highest BCUT2D eigenvalue weighted by Crippen LogP contribution is 2.29. The minimum atomic E-state index is 0.116. The molecule has 4 heteroatoms. The van der Waals surface area contributed by atoms with Crippen molar-refractivity contribution in [3.63, 3.8) is 0 Å². The summed E-state index contributed by atoms with van der Waals surface area (Å²) in [4.78, 5) is 19.8. The van der Waals surface area contributed by atoms with E-state index in [4.69, 9.17) is 16.6 Å². The molecule has 0 bridgehead atoms. The van der Waals surface area contributed by atoms with Crippen LogP contribution in [0.15, 0.2) is 54.6 Å². The van der Waals surface area contributed by atoms with Crippen molar-refractivity contribution in [2.24, 2.45) is 5.92 Å². The Morgan fingerprint density at radius 2 is 1.74 bits per heavy atom. The van der Waals surface area contributed by atoms with Crippen LogP contribution in [-0.4, -0.2) is 28.8 Å². The summed E-state index contributed by atoms with van der Waals surface area (Å²) in [6, 6.07) is 17.7. The number of benzene rings is 2. The highest BCUT2D eigenvalue weighted by molar-refractivity contribution is 6.32. The van der Waals surface area contributed by atoms with Gasteiger partial charge in [0.1, 0.15) is 0 Å². The van der Waals surface area contributed by atoms with Crippen LogP contribution in [0.3, 0.4) is 0 Å². The van der Waals surface area contributed by atoms with Crippen LogP contribution in [0.4, 0.5) is 0 Å². The number of pyridine rings is 1. The molecule has 0 saturated carbocycles. The average molecular weight is 379 g/mol. The summed E-state index contributed by atoms with van der Waals surface area (Å²) in [5, 5.41) is 1.87. The van der Waals surface area contributed by atoms with Gasteiger partial charge in [-0.1, -0.05) is 60.1 Å². The second kappa shape index (κ2) is 7.79. The van der Waals surface area contributed by atoms with Crippen LogP contribution in [0.2, 0.25) is 5.02 Å². The number of nitrogens with zero attached hydrogens (tertiary/aromatic N) is 2. The summed E-state index contributed by atoms with van der Waals surface area (Å²) in [6.07, 6.45) is 1.77. The van der Waals surface area contributed by atoms with E-state index in [1.165, 1.54) is 0 Å². The van der Waals surface area contributed by atoms with Gasteiger partial charge in [-0.15, -0.1) is 0 Å². The maximum absolute atomic E-state index is 12.7. The first kappa shape index (κ1) is 18.1. The lowest BCUT2D eigenvalue weighted by Crippen LogP contribution is -2.36. The SMILES string of the molecule is Cc1c(Cl)c(CN2CCC(C(=O)c3ccccc3)CC2)nc2ccccc12. The van der Waals surface area contributed by atoms with Gasteiger partial charge in [0, 0.05) is 23.4 Å². The van der Waals surface area contributed by atoms with E-state index in [1.54, 1.807) is 0 Å². The number of carbonyl (C=O) groups excluding carboxylic acids is 1. The fourth-order valence-corrected chi connectivity index (χ4v) is 4.13. The van der Waals surface area contributed by atoms with Gasteiger partial charge in [-0.25, -0.2) is 4.98 Å². The first-order valence-corrected chi connectivity index (χ1v) is 9.86. The summed E-state index contributed by atoms with van der Waals surface area (Å²) < 4.78 is 0. The van der Waals surface area contributed by atoms with Crippen LogP contribution >= 0.6 is 11.6 Å². The zero-order valence-corrected chi connectivity index (χ0v) is 16.2. The van der Waals surface area contributed by atoms with Crippen molar-refractivity contribution < 1.29 is 4.79 Å². The smallest absolute Gasteiger partial charge is 0.166 e. The third-order valence-corrected chi connectivity index (χ3v) is 6.04. The molecule has 3 aromatic rings. The number of halogens is 1. The van der Waals surface area contributed by atoms with Gasteiger partial charge in [-0.3, -0.25) is 9.69 Å². The molecule has 4 rings (SSSR count). The molecular weight excluding hydrogens is 356 g/mol. The highest BCUT2D eigenvalue weighted by atomic mass is 35.5. The molecule has 1 aliphatic heterocycles. The number of carbonyl (C=O) groups is 1. The second-order valence-corrected chi connectivity index (χ2v) is 7.67. The lowest BCUT2D eigenvalue weighted by Gasteiger charge is -2.31. The van der Waals surface area contributed by atoms with E-state index in [0.29, 0.717) is 0 Å². The molecule has 2 aromatic carbocycles. The number of likely N-dealkylation sites (tertiary alicyclic amines) is 1. The lowest BCUT2D eigenvalue weighted by atomic mass is 9.89. The molecule has 2 heterocycles. The summed E-state index contributed by atoms with van der Waals surface area (Å²) in [5.74, 6) is 0.387. The van der Waals surface area contributed by atoms with Gasteiger partial charge in [0.05, 0.1) is 16.2 Å². The van der Waals surface area contributed by atoms with Gasteiger partial charge in [-0.05, 0) is 44.5 Å². The van der Waals surface area contributed by atoms with Gasteiger partial charge in [-0.2, -0.15) is 0 Å². The number of hydrogen-bond acceptors (Lipinski definition) is 3. The van der Waals surface area contributed by atoms with Crippen molar-refractivity contribution in [1.29, 1.82) is 0 Å². The predicted molar refractivity (Wildman–Crippen MR) is 110 cm³/mol. The summed E-state index contributed by atoms with van der Waals surface area (Å²) in [5.41, 5.74) is 3.83. The quantitative estimate of drug-likeness (QED) is 0.578. The van der Waals surface area contributed by atoms with Crippen molar-refractivity contribution >= 4 is 28.3 Å². The van der Waals surface area contributed by atoms with Crippen molar-refractivity contribution in [1.82, 2.24) is 9.88 Å². The van der Waals surface area contributed by atoms with Crippen molar-refractivity contribution in [3.8, 4) is 0 Å². The molecule has 0 aliphatic carbocycles. The van der Waals surface area contributed by atoms with E-state index >= 15 is 0 Å². The molecule has 1 saturated heterocycles. The largest absolute Gasteiger partial charge is 0.297 e. The van der Waals surface area contributed by atoms with Crippen LogP contribution in [0.25, 0.3) is 10.9 Å². The summed E-state index contributed by atoms with van der Waals surface area (Å²) in [6.45, 7) is 4.58. The number of fused-ring (bicyclic) bond motifs is 1. The molecule has 1 aromatic heterocycles. The number of ketones is 1. The monoisotopic (exact) mass is 378 g/mol. The van der Waals surface area contributed by atoms with Crippen LogP contribution in [-0.2, 0) is 6.54 Å². The van der Waals surface area contributed by atoms with Crippen LogP contribution in [0, 0.1) is 12.8 Å². The summed E-state index contributed by atoms with van der Waals surface area (Å²) in [7, 11) is 0. The molecule has 1 aliphatic rings. The molecule has 0 unspecified atom stereocenters. The first-order valence-electron chi connectivity index (χ1n) is 9.49. The average Bonchev–Trinajstić information content (AvgIpc) is 2.72. The van der Waals surface area contributed by atoms with Crippen molar-refractivity contribution in [2.45, 2.75) is 26.3 Å².